The fourth-order valence-corrected chi connectivity index (χ4v) is 5.45. The third kappa shape index (κ3) is 5.80. The van der Waals surface area contributed by atoms with E-state index in [1.165, 1.54) is 34.2 Å². The Hall–Kier alpha value is -4.18. The normalized spacial score (nSPS) is 11.3. The molecular weight excluding hydrogens is 492 g/mol. The molecule has 192 valence electrons. The maximum atomic E-state index is 13.4. The summed E-state index contributed by atoms with van der Waals surface area (Å²) in [5.74, 6) is -0.152. The molecule has 0 fully saturated rings. The van der Waals surface area contributed by atoms with E-state index in [1.54, 1.807) is 31.2 Å². The van der Waals surface area contributed by atoms with Crippen LogP contribution in [-0.4, -0.2) is 42.3 Å². The van der Waals surface area contributed by atoms with Crippen LogP contribution in [0.3, 0.4) is 0 Å². The summed E-state index contributed by atoms with van der Waals surface area (Å²) < 4.78 is 34.2. The number of para-hydroxylation sites is 1. The van der Waals surface area contributed by atoms with E-state index in [1.807, 2.05) is 36.4 Å². The van der Waals surface area contributed by atoms with Crippen molar-refractivity contribution in [3.05, 3.63) is 106 Å². The Morgan fingerprint density at radius 1 is 1.03 bits per heavy atom. The van der Waals surface area contributed by atoms with Crippen molar-refractivity contribution in [2.45, 2.75) is 31.6 Å². The Morgan fingerprint density at radius 3 is 2.30 bits per heavy atom. The quantitative estimate of drug-likeness (QED) is 0.320. The van der Waals surface area contributed by atoms with E-state index in [0.717, 1.165) is 5.56 Å². The van der Waals surface area contributed by atoms with Gasteiger partial charge in [-0.2, -0.15) is 0 Å². The summed E-state index contributed by atoms with van der Waals surface area (Å²) in [6.07, 6.45) is 1.95. The summed E-state index contributed by atoms with van der Waals surface area (Å²) in [6, 6.07) is 21.3. The van der Waals surface area contributed by atoms with Gasteiger partial charge in [0.25, 0.3) is 15.6 Å². The lowest BCUT2D eigenvalue weighted by atomic mass is 10.0. The lowest BCUT2D eigenvalue weighted by Gasteiger charge is -2.22. The molecule has 2 aromatic heterocycles. The molecule has 2 heterocycles. The molecule has 0 saturated heterocycles. The number of anilines is 1. The highest BCUT2D eigenvalue weighted by Crippen LogP contribution is 2.23. The van der Waals surface area contributed by atoms with Crippen LogP contribution in [-0.2, 0) is 32.4 Å². The smallest absolute Gasteiger partial charge is 0.302 e. The number of hydrogen-bond donors (Lipinski definition) is 1. The first-order chi connectivity index (χ1) is 17.8. The van der Waals surface area contributed by atoms with Gasteiger partial charge in [-0.1, -0.05) is 48.5 Å². The van der Waals surface area contributed by atoms with Gasteiger partial charge >= 0.3 is 5.97 Å². The number of carbonyl (C=O) groups excluding carboxylic acids is 1. The number of carbonyl (C=O) groups is 1. The van der Waals surface area contributed by atoms with Crippen LogP contribution in [0.25, 0.3) is 5.82 Å². The molecule has 0 unspecified atom stereocenters. The van der Waals surface area contributed by atoms with Gasteiger partial charge in [0.15, 0.2) is 5.82 Å². The number of hydrogen-bond acceptors (Lipinski definition) is 6. The van der Waals surface area contributed by atoms with Crippen LogP contribution in [0.1, 0.15) is 30.7 Å². The zero-order valence-corrected chi connectivity index (χ0v) is 21.4. The summed E-state index contributed by atoms with van der Waals surface area (Å²) in [5, 5.41) is 3.07. The van der Waals surface area contributed by atoms with E-state index >= 15 is 0 Å². The first-order valence-electron chi connectivity index (χ1n) is 11.9. The number of aromatic nitrogens is 3. The van der Waals surface area contributed by atoms with Crippen molar-refractivity contribution in [2.24, 2.45) is 0 Å². The Bertz CT molecular complexity index is 1510. The highest BCUT2D eigenvalue weighted by Gasteiger charge is 2.24. The summed E-state index contributed by atoms with van der Waals surface area (Å²) >= 11 is 0. The van der Waals surface area contributed by atoms with Crippen molar-refractivity contribution >= 4 is 21.7 Å². The van der Waals surface area contributed by atoms with Crippen LogP contribution in [0.4, 0.5) is 5.69 Å². The van der Waals surface area contributed by atoms with E-state index in [0.29, 0.717) is 29.8 Å². The van der Waals surface area contributed by atoms with Gasteiger partial charge in [0, 0.05) is 43.8 Å². The van der Waals surface area contributed by atoms with E-state index in [9.17, 15) is 18.0 Å². The van der Waals surface area contributed by atoms with Gasteiger partial charge in [0.2, 0.25) is 0 Å². The Morgan fingerprint density at radius 2 is 1.70 bits per heavy atom. The number of benzene rings is 2. The van der Waals surface area contributed by atoms with Gasteiger partial charge < -0.3 is 4.74 Å². The summed E-state index contributed by atoms with van der Waals surface area (Å²) in [6.45, 7) is 3.46. The number of sulfonamides is 1. The Kier molecular flexibility index (Phi) is 7.88. The second kappa shape index (κ2) is 11.3. The van der Waals surface area contributed by atoms with Gasteiger partial charge in [-0.3, -0.25) is 19.0 Å². The van der Waals surface area contributed by atoms with Crippen LogP contribution >= 0.6 is 0 Å². The molecule has 0 radical (unpaired) electrons. The summed E-state index contributed by atoms with van der Waals surface area (Å²) in [7, 11) is -3.85. The average Bonchev–Trinajstić information content (AvgIpc) is 3.20. The zero-order valence-electron chi connectivity index (χ0n) is 20.6. The lowest BCUT2D eigenvalue weighted by Crippen LogP contribution is -2.30. The SMILES string of the molecule is CCN(c1ccccc1)S(=O)(=O)c1ccc(-n2[nH]c(CCOC(C)=O)c(Cc3ccccc3)c2=O)nc1. The Balaban J connectivity index is 1.67. The molecule has 0 saturated carbocycles. The molecule has 0 aliphatic heterocycles. The van der Waals surface area contributed by atoms with Gasteiger partial charge in [-0.15, -0.1) is 0 Å². The largest absolute Gasteiger partial charge is 0.465 e. The molecule has 0 bridgehead atoms. The van der Waals surface area contributed by atoms with Crippen LogP contribution in [0, 0.1) is 0 Å². The summed E-state index contributed by atoms with van der Waals surface area (Å²) in [4.78, 5) is 28.9. The molecule has 10 heteroatoms. The third-order valence-electron chi connectivity index (χ3n) is 5.82. The van der Waals surface area contributed by atoms with Crippen molar-refractivity contribution in [3.8, 4) is 5.82 Å². The molecule has 4 rings (SSSR count). The van der Waals surface area contributed by atoms with Crippen LogP contribution < -0.4 is 9.86 Å². The second-order valence-electron chi connectivity index (χ2n) is 8.32. The number of ether oxygens (including phenoxy) is 1. The third-order valence-corrected chi connectivity index (χ3v) is 7.71. The molecule has 1 N–H and O–H groups in total. The number of nitrogens with zero attached hydrogens (tertiary/aromatic N) is 3. The molecular formula is C27H28N4O5S. The van der Waals surface area contributed by atoms with Gasteiger partial charge in [0.1, 0.15) is 4.90 Å². The molecule has 0 aliphatic rings. The fraction of sp³-hybridized carbons (Fsp3) is 0.222. The minimum Gasteiger partial charge on any atom is -0.465 e. The van der Waals surface area contributed by atoms with E-state index in [2.05, 4.69) is 10.1 Å². The van der Waals surface area contributed by atoms with E-state index in [4.69, 9.17) is 4.74 Å². The standard InChI is InChI=1S/C27H28N4O5S/c1-3-30(22-12-8-5-9-13-22)37(34,35)23-14-15-26(28-19-23)31-27(33)24(18-21-10-6-4-7-11-21)25(29-31)16-17-36-20(2)32/h4-15,19,29H,3,16-18H2,1-2H3. The monoisotopic (exact) mass is 520 g/mol. The predicted molar refractivity (Wildman–Crippen MR) is 140 cm³/mol. The first-order valence-corrected chi connectivity index (χ1v) is 13.3. The molecule has 0 amide bonds. The number of pyridine rings is 1. The van der Waals surface area contributed by atoms with Crippen molar-refractivity contribution in [1.82, 2.24) is 14.8 Å². The zero-order chi connectivity index (χ0) is 26.4. The minimum atomic E-state index is -3.85. The predicted octanol–water partition coefficient (Wildman–Crippen LogP) is 3.47. The maximum Gasteiger partial charge on any atom is 0.302 e. The van der Waals surface area contributed by atoms with Crippen molar-refractivity contribution < 1.29 is 17.9 Å². The van der Waals surface area contributed by atoms with Crippen LogP contribution in [0.5, 0.6) is 0 Å². The molecule has 4 aromatic rings. The van der Waals surface area contributed by atoms with E-state index < -0.39 is 16.0 Å². The molecule has 0 spiro atoms. The first kappa shape index (κ1) is 25.9. The van der Waals surface area contributed by atoms with Crippen molar-refractivity contribution in [3.63, 3.8) is 0 Å². The Labute approximate surface area is 215 Å². The van der Waals surface area contributed by atoms with Crippen LogP contribution in [0.2, 0.25) is 0 Å². The van der Waals surface area contributed by atoms with Gasteiger partial charge in [0.05, 0.1) is 12.3 Å². The number of rotatable bonds is 10. The summed E-state index contributed by atoms with van der Waals surface area (Å²) in [5.41, 5.74) is 2.35. The highest BCUT2D eigenvalue weighted by atomic mass is 32.2. The minimum absolute atomic E-state index is 0.0150. The maximum absolute atomic E-state index is 13.4. The number of aromatic amines is 1. The van der Waals surface area contributed by atoms with E-state index in [-0.39, 0.29) is 29.4 Å². The number of H-pyrrole nitrogens is 1. The number of esters is 1. The molecule has 0 aliphatic carbocycles. The van der Waals surface area contributed by atoms with Crippen LogP contribution in [0.15, 0.2) is 88.7 Å². The average molecular weight is 521 g/mol. The second-order valence-corrected chi connectivity index (χ2v) is 10.2. The topological polar surface area (TPSA) is 114 Å². The number of nitrogens with one attached hydrogen (secondary N) is 1. The highest BCUT2D eigenvalue weighted by molar-refractivity contribution is 7.92. The van der Waals surface area contributed by atoms with Crippen molar-refractivity contribution in [1.29, 1.82) is 0 Å². The molecule has 9 nitrogen and oxygen atoms in total. The molecule has 2 aromatic carbocycles. The molecule has 37 heavy (non-hydrogen) atoms. The molecule has 0 atom stereocenters. The van der Waals surface area contributed by atoms with Gasteiger partial charge in [-0.25, -0.2) is 18.1 Å². The van der Waals surface area contributed by atoms with Gasteiger partial charge in [-0.05, 0) is 36.8 Å². The fourth-order valence-electron chi connectivity index (χ4n) is 4.03. The van der Waals surface area contributed by atoms with Crippen molar-refractivity contribution in [2.75, 3.05) is 17.5 Å². The lowest BCUT2D eigenvalue weighted by molar-refractivity contribution is -0.140.